The van der Waals surface area contributed by atoms with Gasteiger partial charge in [-0.05, 0) is 60.5 Å². The number of amides is 1. The van der Waals surface area contributed by atoms with E-state index in [1.165, 1.54) is 16.8 Å². The average Bonchev–Trinajstić information content (AvgIpc) is 3.45. The van der Waals surface area contributed by atoms with Gasteiger partial charge in [-0.25, -0.2) is 9.07 Å². The molecule has 8 heteroatoms. The van der Waals surface area contributed by atoms with Gasteiger partial charge in [0.25, 0.3) is 5.91 Å². The highest BCUT2D eigenvalue weighted by atomic mass is 35.5. The number of fused-ring (bicyclic) bond motifs is 1. The van der Waals surface area contributed by atoms with E-state index >= 15 is 0 Å². The molecule has 0 saturated carbocycles. The molecular formula is C29H27ClFN5O. The van der Waals surface area contributed by atoms with Crippen molar-refractivity contribution in [1.82, 2.24) is 20.1 Å². The van der Waals surface area contributed by atoms with Gasteiger partial charge in [-0.2, -0.15) is 5.10 Å². The summed E-state index contributed by atoms with van der Waals surface area (Å²) in [6, 6.07) is 22.3. The highest BCUT2D eigenvalue weighted by Gasteiger charge is 2.24. The summed E-state index contributed by atoms with van der Waals surface area (Å²) in [6.07, 6.45) is 2.01. The fourth-order valence-electron chi connectivity index (χ4n) is 4.59. The van der Waals surface area contributed by atoms with Crippen molar-refractivity contribution in [2.75, 3.05) is 25.5 Å². The van der Waals surface area contributed by atoms with Crippen LogP contribution in [0.15, 0.2) is 79.0 Å². The predicted molar refractivity (Wildman–Crippen MR) is 147 cm³/mol. The maximum atomic E-state index is 13.4. The second-order valence-corrected chi connectivity index (χ2v) is 9.54. The summed E-state index contributed by atoms with van der Waals surface area (Å²) in [5, 5.41) is 8.80. The number of carbonyl (C=O) groups is 1. The third kappa shape index (κ3) is 4.82. The molecule has 0 aliphatic heterocycles. The van der Waals surface area contributed by atoms with Crippen molar-refractivity contribution >= 4 is 34.1 Å². The van der Waals surface area contributed by atoms with Gasteiger partial charge in [0.15, 0.2) is 0 Å². The van der Waals surface area contributed by atoms with Crippen molar-refractivity contribution in [2.45, 2.75) is 12.8 Å². The fraction of sp³-hybridized carbons (Fsp3) is 0.172. The van der Waals surface area contributed by atoms with Crippen molar-refractivity contribution in [3.63, 3.8) is 0 Å². The number of rotatable bonds is 7. The number of aromatic nitrogens is 3. The van der Waals surface area contributed by atoms with Crippen molar-refractivity contribution in [3.05, 3.63) is 112 Å². The Morgan fingerprint density at radius 1 is 1.08 bits per heavy atom. The summed E-state index contributed by atoms with van der Waals surface area (Å²) < 4.78 is 14.8. The monoisotopic (exact) mass is 515 g/mol. The molecule has 5 aromatic rings. The fourth-order valence-corrected chi connectivity index (χ4v) is 4.95. The van der Waals surface area contributed by atoms with Crippen molar-refractivity contribution < 1.29 is 9.18 Å². The Bertz CT molecular complexity index is 1550. The van der Waals surface area contributed by atoms with E-state index in [9.17, 15) is 9.18 Å². The largest absolute Gasteiger partial charge is 0.378 e. The number of aromatic amines is 1. The summed E-state index contributed by atoms with van der Waals surface area (Å²) in [5.74, 6) is -0.767. The molecule has 5 rings (SSSR count). The molecule has 0 unspecified atom stereocenters. The molecule has 0 spiro atoms. The highest BCUT2D eigenvalue weighted by molar-refractivity contribution is 6.33. The van der Waals surface area contributed by atoms with Gasteiger partial charge in [-0.3, -0.25) is 4.79 Å². The predicted octanol–water partition coefficient (Wildman–Crippen LogP) is 6.08. The minimum absolute atomic E-state index is 0.0949. The van der Waals surface area contributed by atoms with Crippen LogP contribution in [0.4, 0.5) is 10.1 Å². The Hall–Kier alpha value is -4.10. The van der Waals surface area contributed by atoms with Gasteiger partial charge in [0, 0.05) is 49.3 Å². The normalized spacial score (nSPS) is 12.0. The Balaban J connectivity index is 1.45. The molecule has 3 aromatic carbocycles. The van der Waals surface area contributed by atoms with Crippen LogP contribution in [0, 0.1) is 12.7 Å². The van der Waals surface area contributed by atoms with E-state index in [0.29, 0.717) is 23.5 Å². The molecule has 1 atom stereocenters. The molecular weight excluding hydrogens is 489 g/mol. The maximum absolute atomic E-state index is 13.4. The molecule has 0 bridgehead atoms. The Labute approximate surface area is 219 Å². The summed E-state index contributed by atoms with van der Waals surface area (Å²) >= 11 is 6.59. The molecule has 2 aromatic heterocycles. The zero-order valence-electron chi connectivity index (χ0n) is 20.8. The van der Waals surface area contributed by atoms with Crippen LogP contribution in [0.3, 0.4) is 0 Å². The van der Waals surface area contributed by atoms with Gasteiger partial charge in [-0.15, -0.1) is 0 Å². The van der Waals surface area contributed by atoms with Gasteiger partial charge in [0.2, 0.25) is 0 Å². The zero-order chi connectivity index (χ0) is 26.1. The molecule has 1 amide bonds. The van der Waals surface area contributed by atoms with Gasteiger partial charge in [-0.1, -0.05) is 41.9 Å². The van der Waals surface area contributed by atoms with Crippen LogP contribution in [0.2, 0.25) is 5.15 Å². The average molecular weight is 516 g/mol. The number of H-pyrrole nitrogens is 1. The van der Waals surface area contributed by atoms with Gasteiger partial charge in [0.1, 0.15) is 11.0 Å². The first-order chi connectivity index (χ1) is 17.8. The summed E-state index contributed by atoms with van der Waals surface area (Å²) in [4.78, 5) is 18.8. The molecule has 6 nitrogen and oxygen atoms in total. The van der Waals surface area contributed by atoms with Crippen LogP contribution in [0.5, 0.6) is 0 Å². The lowest BCUT2D eigenvalue weighted by Crippen LogP contribution is -2.29. The lowest BCUT2D eigenvalue weighted by atomic mass is 9.90. The van der Waals surface area contributed by atoms with Crippen LogP contribution < -0.4 is 10.2 Å². The van der Waals surface area contributed by atoms with E-state index in [0.717, 1.165) is 27.7 Å². The van der Waals surface area contributed by atoms with Crippen LogP contribution in [0.1, 0.15) is 33.1 Å². The second-order valence-electron chi connectivity index (χ2n) is 9.18. The first kappa shape index (κ1) is 24.6. The topological polar surface area (TPSA) is 66.0 Å². The quantitative estimate of drug-likeness (QED) is 0.276. The number of carbonyl (C=O) groups excluding carboxylic acids is 1. The Kier molecular flexibility index (Phi) is 6.72. The zero-order valence-corrected chi connectivity index (χ0v) is 21.6. The van der Waals surface area contributed by atoms with Crippen molar-refractivity contribution in [3.8, 4) is 5.69 Å². The van der Waals surface area contributed by atoms with Crippen LogP contribution in [-0.2, 0) is 0 Å². The van der Waals surface area contributed by atoms with Gasteiger partial charge in [0.05, 0.1) is 16.9 Å². The molecule has 37 heavy (non-hydrogen) atoms. The number of hydrogen-bond donors (Lipinski definition) is 2. The number of aryl methyl sites for hydroxylation is 1. The first-order valence-electron chi connectivity index (χ1n) is 12.0. The second kappa shape index (κ2) is 10.1. The number of benzene rings is 3. The molecule has 0 saturated heterocycles. The Morgan fingerprint density at radius 3 is 2.49 bits per heavy atom. The first-order valence-corrected chi connectivity index (χ1v) is 12.3. The van der Waals surface area contributed by atoms with E-state index in [1.807, 2.05) is 38.5 Å². The van der Waals surface area contributed by atoms with E-state index in [4.69, 9.17) is 11.6 Å². The standard InChI is InChI=1S/C29H27ClFN5O/c1-18-27(28(30)36(34-18)22-14-10-20(31)11-15-22)29(37)33-16-24(19-8-12-21(13-9-19)35(2)3)25-17-32-26-7-5-4-6-23(25)26/h4-15,17,24,32H,16H2,1-3H3,(H,33,37)/t24-/m1/s1. The molecule has 0 aliphatic rings. The summed E-state index contributed by atoms with van der Waals surface area (Å²) in [7, 11) is 4.01. The summed E-state index contributed by atoms with van der Waals surface area (Å²) in [6.45, 7) is 2.09. The lowest BCUT2D eigenvalue weighted by Gasteiger charge is -2.20. The number of nitrogens with one attached hydrogen (secondary N) is 2. The number of nitrogens with zero attached hydrogens (tertiary/aromatic N) is 3. The summed E-state index contributed by atoms with van der Waals surface area (Å²) in [5.41, 5.74) is 5.68. The molecule has 0 fully saturated rings. The third-order valence-corrected chi connectivity index (χ3v) is 6.93. The number of halogens is 2. The van der Waals surface area contributed by atoms with Crippen LogP contribution in [0.25, 0.3) is 16.6 Å². The van der Waals surface area contributed by atoms with E-state index in [2.05, 4.69) is 50.6 Å². The number of anilines is 1. The Morgan fingerprint density at radius 2 is 1.78 bits per heavy atom. The van der Waals surface area contributed by atoms with E-state index < -0.39 is 0 Å². The van der Waals surface area contributed by atoms with Crippen molar-refractivity contribution in [1.29, 1.82) is 0 Å². The number of hydrogen-bond acceptors (Lipinski definition) is 3. The minimum atomic E-state index is -0.358. The molecule has 2 N–H and O–H groups in total. The van der Waals surface area contributed by atoms with Gasteiger partial charge < -0.3 is 15.2 Å². The minimum Gasteiger partial charge on any atom is -0.378 e. The van der Waals surface area contributed by atoms with Crippen LogP contribution >= 0.6 is 11.6 Å². The molecule has 0 aliphatic carbocycles. The highest BCUT2D eigenvalue weighted by Crippen LogP contribution is 2.32. The van der Waals surface area contributed by atoms with Crippen LogP contribution in [-0.4, -0.2) is 41.3 Å². The van der Waals surface area contributed by atoms with E-state index in [1.54, 1.807) is 19.1 Å². The maximum Gasteiger partial charge on any atom is 0.256 e. The SMILES string of the molecule is Cc1nn(-c2ccc(F)cc2)c(Cl)c1C(=O)NC[C@H](c1ccc(N(C)C)cc1)c1c[nH]c2ccccc12. The lowest BCUT2D eigenvalue weighted by molar-refractivity contribution is 0.0952. The number of para-hydroxylation sites is 1. The van der Waals surface area contributed by atoms with E-state index in [-0.39, 0.29) is 22.8 Å². The molecule has 2 heterocycles. The molecule has 0 radical (unpaired) electrons. The third-order valence-electron chi connectivity index (χ3n) is 6.58. The van der Waals surface area contributed by atoms with Crippen molar-refractivity contribution in [2.24, 2.45) is 0 Å². The molecule has 188 valence electrons. The smallest absolute Gasteiger partial charge is 0.256 e. The van der Waals surface area contributed by atoms with Gasteiger partial charge >= 0.3 is 0 Å².